The van der Waals surface area contributed by atoms with Crippen molar-refractivity contribution in [2.75, 3.05) is 6.54 Å². The van der Waals surface area contributed by atoms with Crippen LogP contribution in [-0.2, 0) is 0 Å². The van der Waals surface area contributed by atoms with Crippen molar-refractivity contribution in [3.05, 3.63) is 34.1 Å². The van der Waals surface area contributed by atoms with Crippen LogP contribution in [-0.4, -0.2) is 23.2 Å². The van der Waals surface area contributed by atoms with Gasteiger partial charge in [-0.1, -0.05) is 35.7 Å². The van der Waals surface area contributed by atoms with Crippen LogP contribution >= 0.6 is 15.9 Å². The van der Waals surface area contributed by atoms with Gasteiger partial charge in [-0.25, -0.2) is 4.39 Å². The third kappa shape index (κ3) is 3.79. The number of hydrogen-bond donors (Lipinski definition) is 2. The predicted molar refractivity (Wildman–Crippen MR) is 79.0 cm³/mol. The molecule has 2 unspecified atom stereocenters. The van der Waals surface area contributed by atoms with Gasteiger partial charge in [-0.15, -0.1) is 0 Å². The summed E-state index contributed by atoms with van der Waals surface area (Å²) in [5, 5.41) is 13.1. The van der Waals surface area contributed by atoms with Gasteiger partial charge in [0, 0.05) is 11.0 Å². The molecular formula is C15H19BrFNO2. The largest absolute Gasteiger partial charge is 0.388 e. The second-order valence-corrected chi connectivity index (χ2v) is 6.65. The summed E-state index contributed by atoms with van der Waals surface area (Å²) in [5.41, 5.74) is -0.861. The van der Waals surface area contributed by atoms with E-state index >= 15 is 0 Å². The summed E-state index contributed by atoms with van der Waals surface area (Å²) in [6, 6.07) is 4.31. The second kappa shape index (κ2) is 6.22. The molecule has 0 heterocycles. The summed E-state index contributed by atoms with van der Waals surface area (Å²) in [5.74, 6) is -0.599. The topological polar surface area (TPSA) is 49.3 Å². The number of carbonyl (C=O) groups excluding carboxylic acids is 1. The molecule has 1 aliphatic carbocycles. The van der Waals surface area contributed by atoms with E-state index in [1.54, 1.807) is 6.07 Å². The number of rotatable bonds is 3. The minimum Gasteiger partial charge on any atom is -0.388 e. The number of carbonyl (C=O) groups is 1. The normalized spacial score (nSPS) is 26.3. The lowest BCUT2D eigenvalue weighted by Gasteiger charge is -2.35. The minimum absolute atomic E-state index is 0.000609. The maximum Gasteiger partial charge on any atom is 0.254 e. The van der Waals surface area contributed by atoms with Crippen molar-refractivity contribution in [3.8, 4) is 0 Å². The van der Waals surface area contributed by atoms with Gasteiger partial charge in [-0.05, 0) is 37.0 Å². The number of amides is 1. The fourth-order valence-corrected chi connectivity index (χ4v) is 3.14. The smallest absolute Gasteiger partial charge is 0.254 e. The second-order valence-electron chi connectivity index (χ2n) is 5.73. The molecule has 3 nitrogen and oxygen atoms in total. The van der Waals surface area contributed by atoms with Gasteiger partial charge in [0.1, 0.15) is 5.82 Å². The molecule has 1 aromatic rings. The van der Waals surface area contributed by atoms with E-state index in [1.165, 1.54) is 12.1 Å². The Morgan fingerprint density at radius 2 is 2.35 bits per heavy atom. The van der Waals surface area contributed by atoms with Crippen molar-refractivity contribution in [2.24, 2.45) is 5.92 Å². The molecule has 1 aliphatic rings. The van der Waals surface area contributed by atoms with Crippen molar-refractivity contribution in [2.45, 2.75) is 38.2 Å². The minimum atomic E-state index is -0.862. The molecule has 2 N–H and O–H groups in total. The molecule has 0 bridgehead atoms. The first-order valence-corrected chi connectivity index (χ1v) is 7.64. The Balaban J connectivity index is 1.98. The first-order valence-electron chi connectivity index (χ1n) is 6.85. The van der Waals surface area contributed by atoms with E-state index in [-0.39, 0.29) is 12.1 Å². The summed E-state index contributed by atoms with van der Waals surface area (Å²) < 4.78 is 14.3. The maximum atomic E-state index is 13.7. The van der Waals surface area contributed by atoms with Crippen molar-refractivity contribution in [1.29, 1.82) is 0 Å². The van der Waals surface area contributed by atoms with Crippen LogP contribution in [0.4, 0.5) is 4.39 Å². The van der Waals surface area contributed by atoms with Gasteiger partial charge in [0.25, 0.3) is 5.91 Å². The Morgan fingerprint density at radius 1 is 1.60 bits per heavy atom. The highest BCUT2D eigenvalue weighted by Gasteiger charge is 2.33. The van der Waals surface area contributed by atoms with Crippen LogP contribution in [0.25, 0.3) is 0 Å². The van der Waals surface area contributed by atoms with Gasteiger partial charge in [-0.3, -0.25) is 4.79 Å². The van der Waals surface area contributed by atoms with Crippen LogP contribution in [0, 0.1) is 11.7 Å². The van der Waals surface area contributed by atoms with Crippen LogP contribution < -0.4 is 5.32 Å². The van der Waals surface area contributed by atoms with Crippen LogP contribution in [0.3, 0.4) is 0 Å². The van der Waals surface area contributed by atoms with Gasteiger partial charge in [0.2, 0.25) is 0 Å². The van der Waals surface area contributed by atoms with E-state index in [9.17, 15) is 14.3 Å². The van der Waals surface area contributed by atoms with Crippen molar-refractivity contribution < 1.29 is 14.3 Å². The SMILES string of the molecule is CC1CCCC(O)(CNC(=O)c2ccc(Br)cc2F)C1. The lowest BCUT2D eigenvalue weighted by molar-refractivity contribution is -0.0109. The molecule has 1 aromatic carbocycles. The maximum absolute atomic E-state index is 13.7. The summed E-state index contributed by atoms with van der Waals surface area (Å²) in [7, 11) is 0. The van der Waals surface area contributed by atoms with Crippen molar-refractivity contribution in [3.63, 3.8) is 0 Å². The summed E-state index contributed by atoms with van der Waals surface area (Å²) in [6.07, 6.45) is 3.42. The molecule has 0 spiro atoms. The highest BCUT2D eigenvalue weighted by molar-refractivity contribution is 9.10. The molecule has 0 radical (unpaired) electrons. The third-order valence-electron chi connectivity index (χ3n) is 3.82. The molecule has 1 saturated carbocycles. The Kier molecular flexibility index (Phi) is 4.81. The van der Waals surface area contributed by atoms with E-state index in [4.69, 9.17) is 0 Å². The van der Waals surface area contributed by atoms with Crippen LogP contribution in [0.1, 0.15) is 43.0 Å². The average Bonchev–Trinajstić information content (AvgIpc) is 2.36. The van der Waals surface area contributed by atoms with E-state index in [1.807, 2.05) is 0 Å². The number of nitrogens with one attached hydrogen (secondary N) is 1. The van der Waals surface area contributed by atoms with E-state index in [0.717, 1.165) is 12.8 Å². The van der Waals surface area contributed by atoms with E-state index in [0.29, 0.717) is 23.2 Å². The molecule has 2 rings (SSSR count). The van der Waals surface area contributed by atoms with Gasteiger partial charge in [0.05, 0.1) is 11.2 Å². The highest BCUT2D eigenvalue weighted by atomic mass is 79.9. The molecule has 2 atom stereocenters. The Bertz CT molecular complexity index is 509. The first kappa shape index (κ1) is 15.4. The third-order valence-corrected chi connectivity index (χ3v) is 4.31. The summed E-state index contributed by atoms with van der Waals surface area (Å²) in [6.45, 7) is 2.27. The lowest BCUT2D eigenvalue weighted by atomic mass is 9.79. The zero-order chi connectivity index (χ0) is 14.8. The first-order chi connectivity index (χ1) is 9.39. The predicted octanol–water partition coefficient (Wildman–Crippen LogP) is 3.26. The van der Waals surface area contributed by atoms with Gasteiger partial charge in [-0.2, -0.15) is 0 Å². The van der Waals surface area contributed by atoms with Crippen molar-refractivity contribution >= 4 is 21.8 Å². The van der Waals surface area contributed by atoms with Gasteiger partial charge in [0.15, 0.2) is 0 Å². The molecule has 0 aliphatic heterocycles. The highest BCUT2D eigenvalue weighted by Crippen LogP contribution is 2.31. The molecule has 1 amide bonds. The number of aliphatic hydroxyl groups is 1. The van der Waals surface area contributed by atoms with Crippen molar-refractivity contribution in [1.82, 2.24) is 5.32 Å². The Labute approximate surface area is 126 Å². The zero-order valence-corrected chi connectivity index (χ0v) is 13.0. The zero-order valence-electron chi connectivity index (χ0n) is 11.5. The average molecular weight is 344 g/mol. The number of hydrogen-bond acceptors (Lipinski definition) is 2. The molecule has 110 valence electrons. The Morgan fingerprint density at radius 3 is 3.00 bits per heavy atom. The van der Waals surface area contributed by atoms with Crippen LogP contribution in [0.5, 0.6) is 0 Å². The molecule has 0 aromatic heterocycles. The number of halogens is 2. The summed E-state index contributed by atoms with van der Waals surface area (Å²) in [4.78, 5) is 12.0. The molecule has 20 heavy (non-hydrogen) atoms. The fraction of sp³-hybridized carbons (Fsp3) is 0.533. The fourth-order valence-electron chi connectivity index (χ4n) is 2.81. The van der Waals surface area contributed by atoms with E-state index < -0.39 is 17.3 Å². The summed E-state index contributed by atoms with van der Waals surface area (Å²) >= 11 is 3.15. The lowest BCUT2D eigenvalue weighted by Crippen LogP contribution is -2.45. The molecule has 0 saturated heterocycles. The molecule has 5 heteroatoms. The quantitative estimate of drug-likeness (QED) is 0.884. The standard InChI is InChI=1S/C15H19BrFNO2/c1-10-3-2-6-15(20,8-10)9-18-14(19)12-5-4-11(16)7-13(12)17/h4-5,7,10,20H,2-3,6,8-9H2,1H3,(H,18,19). The van der Waals surface area contributed by atoms with E-state index in [2.05, 4.69) is 28.2 Å². The Hall–Kier alpha value is -0.940. The van der Waals surface area contributed by atoms with Gasteiger partial charge < -0.3 is 10.4 Å². The van der Waals surface area contributed by atoms with Crippen LogP contribution in [0.2, 0.25) is 0 Å². The van der Waals surface area contributed by atoms with Crippen LogP contribution in [0.15, 0.2) is 22.7 Å². The molecule has 1 fully saturated rings. The van der Waals surface area contributed by atoms with Gasteiger partial charge >= 0.3 is 0 Å². The number of benzene rings is 1. The molecular weight excluding hydrogens is 325 g/mol. The monoisotopic (exact) mass is 343 g/mol.